The third-order valence-corrected chi connectivity index (χ3v) is 7.98. The van der Waals surface area contributed by atoms with Gasteiger partial charge in [0.05, 0.1) is 24.7 Å². The quantitative estimate of drug-likeness (QED) is 0.193. The van der Waals surface area contributed by atoms with Crippen LogP contribution in [0.1, 0.15) is 58.1 Å². The fourth-order valence-electron chi connectivity index (χ4n) is 5.14. The number of aliphatic hydroxyl groups is 2. The molecule has 0 saturated carbocycles. The molecule has 7 rings (SSSR count). The smallest absolute Gasteiger partial charge is 0.141 e. The van der Waals surface area contributed by atoms with E-state index in [1.54, 1.807) is 0 Å². The lowest BCUT2D eigenvalue weighted by atomic mass is 9.63. The van der Waals surface area contributed by atoms with Gasteiger partial charge in [0, 0.05) is 20.1 Å². The topological polar surface area (TPSA) is 40.5 Å². The third kappa shape index (κ3) is 4.29. The highest BCUT2D eigenvalue weighted by molar-refractivity contribution is 9.10. The van der Waals surface area contributed by atoms with E-state index in [1.807, 2.05) is 0 Å². The Balaban J connectivity index is 1.67. The zero-order chi connectivity index (χ0) is 44.6. The van der Waals surface area contributed by atoms with Crippen molar-refractivity contribution in [3.05, 3.63) is 187 Å². The zero-order valence-corrected chi connectivity index (χ0v) is 24.3. The van der Waals surface area contributed by atoms with Crippen molar-refractivity contribution < 1.29 is 34.9 Å². The van der Waals surface area contributed by atoms with E-state index in [0.717, 1.165) is 0 Å². The highest BCUT2D eigenvalue weighted by atomic mass is 79.9. The maximum atomic E-state index is 13.4. The number of rotatable bonds is 4. The van der Waals surface area contributed by atoms with Crippen LogP contribution in [0.15, 0.2) is 154 Å². The minimum Gasteiger partial charge on any atom is -0.376 e. The molecule has 0 bridgehead atoms. The highest BCUT2D eigenvalue weighted by Crippen LogP contribution is 2.54. The van der Waals surface area contributed by atoms with Crippen LogP contribution in [-0.4, -0.2) is 10.2 Å². The molecule has 0 fully saturated rings. The van der Waals surface area contributed by atoms with Crippen LogP contribution in [-0.2, 0) is 11.2 Å². The first-order valence-electron chi connectivity index (χ1n) is 21.3. The van der Waals surface area contributed by atoms with Gasteiger partial charge < -0.3 is 10.2 Å². The SMILES string of the molecule is [2H]c1c([2H])c([2H])c(-c2c([2H])c([2H])c([2H])c(C3(O)c4ccc(Br)cc4C(O)(c4c([2H])c([2H])c([2H])c(-c5c([2H])c([2H])c([2H])c([2H])c5[2H])c4[2H])c4ccc(Br)cc43)c2[2H])c([2H])c1[2H]. The van der Waals surface area contributed by atoms with E-state index in [1.165, 1.54) is 36.4 Å². The Kier molecular flexibility index (Phi) is 3.41. The Bertz CT molecular complexity index is 2690. The molecule has 0 heterocycles. The van der Waals surface area contributed by atoms with Gasteiger partial charge in [0.2, 0.25) is 0 Å². The Morgan fingerprint density at radius 2 is 0.833 bits per heavy atom. The van der Waals surface area contributed by atoms with Crippen LogP contribution in [0.5, 0.6) is 0 Å². The van der Waals surface area contributed by atoms with Crippen molar-refractivity contribution in [3.8, 4) is 22.3 Å². The van der Waals surface area contributed by atoms with Crippen LogP contribution >= 0.6 is 31.9 Å². The number of halogens is 2. The van der Waals surface area contributed by atoms with Gasteiger partial charge in [-0.2, -0.15) is 0 Å². The van der Waals surface area contributed by atoms with Crippen molar-refractivity contribution in [2.45, 2.75) is 11.2 Å². The molecule has 6 aromatic rings. The second kappa shape index (κ2) is 10.5. The summed E-state index contributed by atoms with van der Waals surface area (Å²) in [6, 6.07) is -7.26. The van der Waals surface area contributed by atoms with E-state index in [9.17, 15) is 13.0 Å². The van der Waals surface area contributed by atoms with Gasteiger partial charge in [-0.15, -0.1) is 0 Å². The fraction of sp³-hybridized carbons (Fsp3) is 0.0526. The molecule has 0 radical (unpaired) electrons. The highest BCUT2D eigenvalue weighted by Gasteiger charge is 2.51. The van der Waals surface area contributed by atoms with Crippen molar-refractivity contribution >= 4 is 31.9 Å². The summed E-state index contributed by atoms with van der Waals surface area (Å²) in [6.45, 7) is 0. The summed E-state index contributed by atoms with van der Waals surface area (Å²) in [5, 5.41) is 26.8. The van der Waals surface area contributed by atoms with Gasteiger partial charge in [-0.05, 0) is 80.9 Å². The number of hydrogen-bond donors (Lipinski definition) is 2. The normalized spacial score (nSPS) is 25.1. The molecular formula is C38H26Br2O2. The molecule has 6 aromatic carbocycles. The molecule has 1 aliphatic carbocycles. The second-order valence-corrected chi connectivity index (χ2v) is 11.1. The molecular weight excluding hydrogens is 648 g/mol. The molecule has 2 unspecified atom stereocenters. The summed E-state index contributed by atoms with van der Waals surface area (Å²) in [6.07, 6.45) is 0. The third-order valence-electron chi connectivity index (χ3n) is 7.00. The average Bonchev–Trinajstić information content (AvgIpc) is 3.20. The van der Waals surface area contributed by atoms with Crippen LogP contribution in [0.4, 0.5) is 0 Å². The molecule has 0 spiro atoms. The fourth-order valence-corrected chi connectivity index (χ4v) is 5.86. The molecule has 2 atom stereocenters. The van der Waals surface area contributed by atoms with Crippen LogP contribution in [0.3, 0.4) is 0 Å². The van der Waals surface area contributed by atoms with Gasteiger partial charge >= 0.3 is 0 Å². The van der Waals surface area contributed by atoms with Crippen LogP contribution in [0, 0.1) is 0 Å². The average molecular weight is 693 g/mol. The van der Waals surface area contributed by atoms with E-state index >= 15 is 0 Å². The van der Waals surface area contributed by atoms with E-state index < -0.39 is 153 Å². The van der Waals surface area contributed by atoms with E-state index in [2.05, 4.69) is 31.9 Å². The predicted molar refractivity (Wildman–Crippen MR) is 176 cm³/mol. The summed E-state index contributed by atoms with van der Waals surface area (Å²) in [5.41, 5.74) is -11.0. The first-order chi connectivity index (χ1) is 27.9. The molecule has 42 heavy (non-hydrogen) atoms. The van der Waals surface area contributed by atoms with Gasteiger partial charge in [-0.1, -0.05) is 141 Å². The van der Waals surface area contributed by atoms with E-state index in [4.69, 9.17) is 21.9 Å². The van der Waals surface area contributed by atoms with Crippen LogP contribution in [0.25, 0.3) is 22.3 Å². The van der Waals surface area contributed by atoms with Crippen molar-refractivity contribution in [1.82, 2.24) is 0 Å². The Hall–Kier alpha value is -3.80. The van der Waals surface area contributed by atoms with E-state index in [0.29, 0.717) is 0 Å². The summed E-state index contributed by atoms with van der Waals surface area (Å²) >= 11 is 6.70. The lowest BCUT2D eigenvalue weighted by Gasteiger charge is -2.45. The lowest BCUT2D eigenvalue weighted by Crippen LogP contribution is -2.44. The summed E-state index contributed by atoms with van der Waals surface area (Å²) in [5.74, 6) is 0. The minimum absolute atomic E-state index is 0.231. The van der Waals surface area contributed by atoms with Crippen molar-refractivity contribution in [1.29, 1.82) is 0 Å². The summed E-state index contributed by atoms with van der Waals surface area (Å²) in [4.78, 5) is 0. The predicted octanol–water partition coefficient (Wildman–Crippen LogP) is 9.43. The molecule has 2 nitrogen and oxygen atoms in total. The molecule has 1 aliphatic rings. The standard InChI is InChI=1S/C38H26Br2O2/c39-31-18-20-34-35(23-31)37(41,29-15-7-13-27(21-29)25-9-3-1-4-10-25)33-19-17-32(40)24-36(33)38(34,42)30-16-8-14-28(22-30)26-11-5-2-6-12-26/h1-24,41-42H/i1D,2D,3D,4D,5D,6D,7D,8D,9D,10D,11D,12D,13D,14D,15D,16D,21D,22D. The Morgan fingerprint density at radius 3 is 1.24 bits per heavy atom. The largest absolute Gasteiger partial charge is 0.376 e. The molecule has 0 aliphatic heterocycles. The number of hydrogen-bond acceptors (Lipinski definition) is 2. The minimum atomic E-state index is -2.79. The maximum absolute atomic E-state index is 13.4. The van der Waals surface area contributed by atoms with Gasteiger partial charge in [-0.3, -0.25) is 0 Å². The molecule has 0 saturated heterocycles. The van der Waals surface area contributed by atoms with Crippen LogP contribution in [0.2, 0.25) is 0 Å². The van der Waals surface area contributed by atoms with Crippen molar-refractivity contribution in [2.24, 2.45) is 0 Å². The van der Waals surface area contributed by atoms with Gasteiger partial charge in [0.1, 0.15) is 11.2 Å². The molecule has 4 heteroatoms. The molecule has 204 valence electrons. The molecule has 2 N–H and O–H groups in total. The zero-order valence-electron chi connectivity index (χ0n) is 39.1. The summed E-state index contributed by atoms with van der Waals surface area (Å²) in [7, 11) is 0. The first kappa shape index (κ1) is 13.7. The molecule has 0 aromatic heterocycles. The van der Waals surface area contributed by atoms with Crippen molar-refractivity contribution in [2.75, 3.05) is 0 Å². The maximum Gasteiger partial charge on any atom is 0.141 e. The van der Waals surface area contributed by atoms with Crippen LogP contribution < -0.4 is 0 Å². The first-order valence-corrected chi connectivity index (χ1v) is 13.9. The van der Waals surface area contributed by atoms with Gasteiger partial charge in [0.15, 0.2) is 0 Å². The summed E-state index contributed by atoms with van der Waals surface area (Å²) < 4.78 is 157. The van der Waals surface area contributed by atoms with Gasteiger partial charge in [0.25, 0.3) is 0 Å². The number of benzene rings is 6. The Labute approximate surface area is 287 Å². The second-order valence-electron chi connectivity index (χ2n) is 9.30. The Morgan fingerprint density at radius 1 is 0.452 bits per heavy atom. The van der Waals surface area contributed by atoms with Gasteiger partial charge in [-0.25, -0.2) is 0 Å². The van der Waals surface area contributed by atoms with Crippen molar-refractivity contribution in [3.63, 3.8) is 0 Å². The number of fused-ring (bicyclic) bond motifs is 2. The monoisotopic (exact) mass is 690 g/mol. The van der Waals surface area contributed by atoms with E-state index in [-0.39, 0.29) is 31.2 Å². The molecule has 0 amide bonds. The lowest BCUT2D eigenvalue weighted by molar-refractivity contribution is 0.0747.